The number of nitrogens with zero attached hydrogens (tertiary/aromatic N) is 1. The Morgan fingerprint density at radius 1 is 1.22 bits per heavy atom. The summed E-state index contributed by atoms with van der Waals surface area (Å²) >= 11 is 1.34. The topological polar surface area (TPSA) is 90.7 Å². The molecule has 0 unspecified atom stereocenters. The van der Waals surface area contributed by atoms with Crippen LogP contribution in [0.25, 0.3) is 10.6 Å². The summed E-state index contributed by atoms with van der Waals surface area (Å²) in [4.78, 5) is 1.63. The Hall–Kier alpha value is -2.36. The van der Waals surface area contributed by atoms with E-state index >= 15 is 0 Å². The van der Waals surface area contributed by atoms with Gasteiger partial charge in [0, 0.05) is 17.5 Å². The summed E-state index contributed by atoms with van der Waals surface area (Å²) in [7, 11) is -2.13. The minimum Gasteiger partial charge on any atom is -0.493 e. The first-order chi connectivity index (χ1) is 12.9. The second kappa shape index (κ2) is 8.12. The number of aryl methyl sites for hydroxylation is 1. The first-order valence-electron chi connectivity index (χ1n) is 8.25. The van der Waals surface area contributed by atoms with Crippen LogP contribution in [0.1, 0.15) is 17.4 Å². The molecule has 27 heavy (non-hydrogen) atoms. The molecule has 0 saturated heterocycles. The lowest BCUT2D eigenvalue weighted by molar-refractivity contribution is 0.310. The van der Waals surface area contributed by atoms with Crippen molar-refractivity contribution < 1.29 is 22.4 Å². The first kappa shape index (κ1) is 19.4. The summed E-state index contributed by atoms with van der Waals surface area (Å²) in [6, 6.07) is 8.62. The number of nitrogens with one attached hydrogen (secondary N) is 1. The Morgan fingerprint density at radius 2 is 2.04 bits per heavy atom. The molecule has 3 aromatic rings. The van der Waals surface area contributed by atoms with Crippen LogP contribution in [0.3, 0.4) is 0 Å². The van der Waals surface area contributed by atoms with Gasteiger partial charge in [0.25, 0.3) is 0 Å². The lowest BCUT2D eigenvalue weighted by Crippen LogP contribution is -2.23. The fourth-order valence-electron chi connectivity index (χ4n) is 2.55. The standard InChI is InChI=1S/C18H20N2O5S2/c1-4-24-14-6-5-13(9-16(14)23-3)11-20-27(21,22)18-10-17(26-12(18)2)15-7-8-19-25-15/h5-10,20H,4,11H2,1-3H3. The molecule has 0 aliphatic heterocycles. The number of aromatic nitrogens is 1. The van der Waals surface area contributed by atoms with Crippen LogP contribution in [-0.4, -0.2) is 27.3 Å². The maximum Gasteiger partial charge on any atom is 0.241 e. The van der Waals surface area contributed by atoms with Crippen LogP contribution in [-0.2, 0) is 16.6 Å². The first-order valence-corrected chi connectivity index (χ1v) is 10.6. The van der Waals surface area contributed by atoms with Gasteiger partial charge in [-0.2, -0.15) is 0 Å². The molecule has 1 aromatic carbocycles. The largest absolute Gasteiger partial charge is 0.493 e. The van der Waals surface area contributed by atoms with Crippen LogP contribution in [0.5, 0.6) is 11.5 Å². The van der Waals surface area contributed by atoms with Crippen LogP contribution in [0, 0.1) is 6.92 Å². The van der Waals surface area contributed by atoms with Crippen molar-refractivity contribution in [3.05, 3.63) is 47.0 Å². The van der Waals surface area contributed by atoms with Crippen molar-refractivity contribution in [2.75, 3.05) is 13.7 Å². The van der Waals surface area contributed by atoms with Crippen molar-refractivity contribution in [3.8, 4) is 22.1 Å². The zero-order valence-corrected chi connectivity index (χ0v) is 16.8. The molecule has 0 fully saturated rings. The highest BCUT2D eigenvalue weighted by atomic mass is 32.2. The molecule has 0 atom stereocenters. The van der Waals surface area contributed by atoms with Gasteiger partial charge in [-0.05, 0) is 37.6 Å². The van der Waals surface area contributed by atoms with Gasteiger partial charge in [0.05, 0.1) is 29.7 Å². The summed E-state index contributed by atoms with van der Waals surface area (Å²) in [6.45, 7) is 4.31. The smallest absolute Gasteiger partial charge is 0.241 e. The highest BCUT2D eigenvalue weighted by molar-refractivity contribution is 7.89. The number of methoxy groups -OCH3 is 1. The highest BCUT2D eigenvalue weighted by Crippen LogP contribution is 2.33. The van der Waals surface area contributed by atoms with Crippen molar-refractivity contribution in [2.24, 2.45) is 0 Å². The SMILES string of the molecule is CCOc1ccc(CNS(=O)(=O)c2cc(-c3ccno3)sc2C)cc1OC. The van der Waals surface area contributed by atoms with Gasteiger partial charge >= 0.3 is 0 Å². The predicted molar refractivity (Wildman–Crippen MR) is 103 cm³/mol. The predicted octanol–water partition coefficient (Wildman–Crippen LogP) is 3.60. The molecule has 2 heterocycles. The summed E-state index contributed by atoms with van der Waals surface area (Å²) in [6.07, 6.45) is 1.52. The van der Waals surface area contributed by atoms with Gasteiger partial charge in [-0.1, -0.05) is 11.2 Å². The van der Waals surface area contributed by atoms with E-state index in [2.05, 4.69) is 9.88 Å². The third-order valence-electron chi connectivity index (χ3n) is 3.84. The van der Waals surface area contributed by atoms with Crippen molar-refractivity contribution >= 4 is 21.4 Å². The number of benzene rings is 1. The number of hydrogen-bond acceptors (Lipinski definition) is 7. The monoisotopic (exact) mass is 408 g/mol. The Balaban J connectivity index is 1.78. The molecule has 1 N–H and O–H groups in total. The molecule has 7 nitrogen and oxygen atoms in total. The van der Waals surface area contributed by atoms with E-state index in [1.54, 1.807) is 44.4 Å². The summed E-state index contributed by atoms with van der Waals surface area (Å²) < 4.78 is 44.0. The van der Waals surface area contributed by atoms with Gasteiger partial charge in [0.15, 0.2) is 17.3 Å². The molecule has 3 rings (SSSR count). The van der Waals surface area contributed by atoms with Crippen LogP contribution in [0.15, 0.2) is 45.9 Å². The van der Waals surface area contributed by atoms with E-state index in [1.165, 1.54) is 17.5 Å². The van der Waals surface area contributed by atoms with E-state index in [0.29, 0.717) is 33.6 Å². The number of rotatable bonds is 8. The van der Waals surface area contributed by atoms with Crippen LogP contribution in [0.4, 0.5) is 0 Å². The molecule has 0 amide bonds. The zero-order valence-electron chi connectivity index (χ0n) is 15.2. The third kappa shape index (κ3) is 4.32. The minimum absolute atomic E-state index is 0.137. The molecule has 0 saturated carbocycles. The van der Waals surface area contributed by atoms with Gasteiger partial charge in [0.2, 0.25) is 10.0 Å². The van der Waals surface area contributed by atoms with Gasteiger partial charge < -0.3 is 14.0 Å². The molecule has 144 valence electrons. The van der Waals surface area contributed by atoms with Gasteiger partial charge in [-0.25, -0.2) is 13.1 Å². The van der Waals surface area contributed by atoms with Gasteiger partial charge in [-0.15, -0.1) is 11.3 Å². The maximum atomic E-state index is 12.7. The lowest BCUT2D eigenvalue weighted by Gasteiger charge is -2.11. The summed E-state index contributed by atoms with van der Waals surface area (Å²) in [5.74, 6) is 1.73. The van der Waals surface area contributed by atoms with E-state index in [-0.39, 0.29) is 11.4 Å². The van der Waals surface area contributed by atoms with Crippen molar-refractivity contribution in [1.82, 2.24) is 9.88 Å². The zero-order chi connectivity index (χ0) is 19.4. The Bertz CT molecular complexity index is 1010. The lowest BCUT2D eigenvalue weighted by atomic mass is 10.2. The summed E-state index contributed by atoms with van der Waals surface area (Å²) in [5, 5.41) is 3.66. The number of sulfonamides is 1. The van der Waals surface area contributed by atoms with Crippen molar-refractivity contribution in [2.45, 2.75) is 25.3 Å². The number of ether oxygens (including phenoxy) is 2. The van der Waals surface area contributed by atoms with E-state index < -0.39 is 10.0 Å². The molecular weight excluding hydrogens is 388 g/mol. The highest BCUT2D eigenvalue weighted by Gasteiger charge is 2.21. The number of thiophene rings is 1. The molecule has 9 heteroatoms. The van der Waals surface area contributed by atoms with Gasteiger partial charge in [-0.3, -0.25) is 0 Å². The van der Waals surface area contributed by atoms with Crippen LogP contribution in [0.2, 0.25) is 0 Å². The molecule has 2 aromatic heterocycles. The molecule has 0 aliphatic rings. The normalized spacial score (nSPS) is 11.5. The van der Waals surface area contributed by atoms with Crippen LogP contribution >= 0.6 is 11.3 Å². The van der Waals surface area contributed by atoms with Crippen molar-refractivity contribution in [3.63, 3.8) is 0 Å². The Labute approximate surface area is 162 Å². The molecular formula is C18H20N2O5S2. The van der Waals surface area contributed by atoms with Crippen LogP contribution < -0.4 is 14.2 Å². The average Bonchev–Trinajstić information content (AvgIpc) is 3.31. The molecule has 0 bridgehead atoms. The fourth-order valence-corrected chi connectivity index (χ4v) is 5.11. The van der Waals surface area contributed by atoms with Crippen molar-refractivity contribution in [1.29, 1.82) is 0 Å². The maximum absolute atomic E-state index is 12.7. The second-order valence-corrected chi connectivity index (χ2v) is 8.64. The Kier molecular flexibility index (Phi) is 5.83. The average molecular weight is 409 g/mol. The minimum atomic E-state index is -3.67. The summed E-state index contributed by atoms with van der Waals surface area (Å²) in [5.41, 5.74) is 0.766. The fraction of sp³-hybridized carbons (Fsp3) is 0.278. The molecule has 0 aliphatic carbocycles. The quantitative estimate of drug-likeness (QED) is 0.612. The van der Waals surface area contributed by atoms with E-state index in [9.17, 15) is 8.42 Å². The van der Waals surface area contributed by atoms with Gasteiger partial charge in [0.1, 0.15) is 0 Å². The van der Waals surface area contributed by atoms with E-state index in [1.807, 2.05) is 6.92 Å². The number of hydrogen-bond donors (Lipinski definition) is 1. The van der Waals surface area contributed by atoms with E-state index in [0.717, 1.165) is 5.56 Å². The Morgan fingerprint density at radius 3 is 2.70 bits per heavy atom. The molecule has 0 spiro atoms. The third-order valence-corrected chi connectivity index (χ3v) is 6.56. The second-order valence-electron chi connectivity index (χ2n) is 5.65. The van der Waals surface area contributed by atoms with E-state index in [4.69, 9.17) is 14.0 Å². The molecule has 0 radical (unpaired) electrons.